The molecule has 0 aromatic carbocycles. The standard InChI is InChI=1S/C9H12N4O2/c1-13-11-9(10-12-13)8(14)6-4-5-2-3-7(6)15-5/h5-7H,2-4H2,1H3. The minimum absolute atomic E-state index is 0.0182. The van der Waals surface area contributed by atoms with Crippen LogP contribution in [0.4, 0.5) is 0 Å². The van der Waals surface area contributed by atoms with E-state index in [-0.39, 0.29) is 29.7 Å². The van der Waals surface area contributed by atoms with Crippen LogP contribution in [0.25, 0.3) is 0 Å². The molecule has 15 heavy (non-hydrogen) atoms. The number of carbonyl (C=O) groups is 1. The molecule has 0 spiro atoms. The number of rotatable bonds is 2. The molecule has 2 aliphatic heterocycles. The number of fused-ring (bicyclic) bond motifs is 2. The Hall–Kier alpha value is -1.30. The quantitative estimate of drug-likeness (QED) is 0.638. The zero-order chi connectivity index (χ0) is 10.4. The summed E-state index contributed by atoms with van der Waals surface area (Å²) in [6.45, 7) is 0. The van der Waals surface area contributed by atoms with Crippen molar-refractivity contribution in [2.75, 3.05) is 0 Å². The fourth-order valence-corrected chi connectivity index (χ4v) is 2.46. The van der Waals surface area contributed by atoms with Crippen molar-refractivity contribution in [3.63, 3.8) is 0 Å². The molecule has 80 valence electrons. The fraction of sp³-hybridized carbons (Fsp3) is 0.778. The average molecular weight is 208 g/mol. The van der Waals surface area contributed by atoms with E-state index >= 15 is 0 Å². The van der Waals surface area contributed by atoms with Crippen molar-refractivity contribution in [3.05, 3.63) is 5.82 Å². The van der Waals surface area contributed by atoms with E-state index in [0.29, 0.717) is 0 Å². The summed E-state index contributed by atoms with van der Waals surface area (Å²) in [5.74, 6) is 0.155. The maximum absolute atomic E-state index is 12.0. The van der Waals surface area contributed by atoms with Crippen LogP contribution in [0.1, 0.15) is 29.9 Å². The van der Waals surface area contributed by atoms with E-state index in [1.807, 2.05) is 0 Å². The Balaban J connectivity index is 1.81. The topological polar surface area (TPSA) is 69.9 Å². The summed E-state index contributed by atoms with van der Waals surface area (Å²) >= 11 is 0. The monoisotopic (exact) mass is 208 g/mol. The van der Waals surface area contributed by atoms with Crippen LogP contribution in [0.5, 0.6) is 0 Å². The van der Waals surface area contributed by atoms with Crippen LogP contribution >= 0.6 is 0 Å². The first kappa shape index (κ1) is 8.96. The molecule has 2 fully saturated rings. The number of hydrogen-bond donors (Lipinski definition) is 0. The van der Waals surface area contributed by atoms with E-state index in [2.05, 4.69) is 15.4 Å². The summed E-state index contributed by atoms with van der Waals surface area (Å²) in [4.78, 5) is 13.3. The number of tetrazole rings is 1. The molecule has 3 atom stereocenters. The Morgan fingerprint density at radius 2 is 2.40 bits per heavy atom. The number of hydrogen-bond acceptors (Lipinski definition) is 5. The molecule has 2 aliphatic rings. The Labute approximate surface area is 86.6 Å². The van der Waals surface area contributed by atoms with Crippen molar-refractivity contribution in [1.82, 2.24) is 20.2 Å². The molecule has 0 N–H and O–H groups in total. The molecule has 3 heterocycles. The molecule has 2 saturated heterocycles. The van der Waals surface area contributed by atoms with Gasteiger partial charge >= 0.3 is 0 Å². The van der Waals surface area contributed by atoms with Crippen LogP contribution in [0.3, 0.4) is 0 Å². The largest absolute Gasteiger partial charge is 0.374 e. The summed E-state index contributed by atoms with van der Waals surface area (Å²) in [6.07, 6.45) is 3.26. The van der Waals surface area contributed by atoms with Gasteiger partial charge in [-0.1, -0.05) is 0 Å². The number of nitrogens with zero attached hydrogens (tertiary/aromatic N) is 4. The number of Topliss-reactive ketones (excluding diaryl/α,β-unsaturated/α-hetero) is 1. The van der Waals surface area contributed by atoms with E-state index < -0.39 is 0 Å². The number of ether oxygens (including phenoxy) is 1. The third-order valence-corrected chi connectivity index (χ3v) is 3.17. The van der Waals surface area contributed by atoms with E-state index in [4.69, 9.17) is 4.74 Å². The molecule has 1 aromatic rings. The van der Waals surface area contributed by atoms with E-state index in [0.717, 1.165) is 19.3 Å². The predicted octanol–water partition coefficient (Wildman–Crippen LogP) is -0.0397. The third kappa shape index (κ3) is 1.36. The third-order valence-electron chi connectivity index (χ3n) is 3.17. The lowest BCUT2D eigenvalue weighted by Gasteiger charge is -2.14. The van der Waals surface area contributed by atoms with Crippen LogP contribution in [-0.2, 0) is 11.8 Å². The number of carbonyl (C=O) groups excluding carboxylic acids is 1. The lowest BCUT2D eigenvalue weighted by Crippen LogP contribution is -2.26. The van der Waals surface area contributed by atoms with Crippen LogP contribution in [0, 0.1) is 5.92 Å². The van der Waals surface area contributed by atoms with Crippen LogP contribution in [-0.4, -0.2) is 38.2 Å². The second-order valence-electron chi connectivity index (χ2n) is 4.18. The Bertz CT molecular complexity index is 403. The van der Waals surface area contributed by atoms with Crippen LogP contribution in [0.15, 0.2) is 0 Å². The molecule has 3 unspecified atom stereocenters. The van der Waals surface area contributed by atoms with Gasteiger partial charge in [0.15, 0.2) is 0 Å². The Kier molecular flexibility index (Phi) is 1.85. The van der Waals surface area contributed by atoms with Gasteiger partial charge in [-0.05, 0) is 24.5 Å². The summed E-state index contributed by atoms with van der Waals surface area (Å²) in [7, 11) is 1.65. The molecule has 0 radical (unpaired) electrons. The van der Waals surface area contributed by atoms with Crippen LogP contribution in [0.2, 0.25) is 0 Å². The highest BCUT2D eigenvalue weighted by molar-refractivity contribution is 5.94. The maximum atomic E-state index is 12.0. The van der Waals surface area contributed by atoms with Gasteiger partial charge in [0.05, 0.1) is 25.2 Å². The lowest BCUT2D eigenvalue weighted by molar-refractivity contribution is 0.0735. The second kappa shape index (κ2) is 3.10. The second-order valence-corrected chi connectivity index (χ2v) is 4.18. The smallest absolute Gasteiger partial charge is 0.240 e. The fourth-order valence-electron chi connectivity index (χ4n) is 2.46. The summed E-state index contributed by atoms with van der Waals surface area (Å²) in [5.41, 5.74) is 0. The van der Waals surface area contributed by atoms with Gasteiger partial charge in [-0.25, -0.2) is 0 Å². The molecular formula is C9H12N4O2. The molecule has 2 bridgehead atoms. The Morgan fingerprint density at radius 1 is 1.53 bits per heavy atom. The summed E-state index contributed by atoms with van der Waals surface area (Å²) in [6, 6.07) is 0. The van der Waals surface area contributed by atoms with Crippen molar-refractivity contribution in [3.8, 4) is 0 Å². The zero-order valence-electron chi connectivity index (χ0n) is 8.46. The zero-order valence-corrected chi connectivity index (χ0v) is 8.46. The Morgan fingerprint density at radius 3 is 2.93 bits per heavy atom. The van der Waals surface area contributed by atoms with Gasteiger partial charge in [-0.15, -0.1) is 10.2 Å². The first-order chi connectivity index (χ1) is 7.24. The van der Waals surface area contributed by atoms with Crippen molar-refractivity contribution < 1.29 is 9.53 Å². The molecule has 0 saturated carbocycles. The average Bonchev–Trinajstić information content (AvgIpc) is 2.90. The van der Waals surface area contributed by atoms with Crippen molar-refractivity contribution in [2.24, 2.45) is 13.0 Å². The van der Waals surface area contributed by atoms with E-state index in [1.54, 1.807) is 7.05 Å². The SMILES string of the molecule is Cn1nnc(C(=O)C2CC3CCC2O3)n1. The van der Waals surface area contributed by atoms with Gasteiger partial charge in [0.25, 0.3) is 0 Å². The minimum Gasteiger partial charge on any atom is -0.374 e. The maximum Gasteiger partial charge on any atom is 0.240 e. The van der Waals surface area contributed by atoms with E-state index in [1.165, 1.54) is 4.80 Å². The summed E-state index contributed by atoms with van der Waals surface area (Å²) in [5, 5.41) is 11.3. The highest BCUT2D eigenvalue weighted by atomic mass is 16.5. The minimum atomic E-state index is -0.0482. The normalized spacial score (nSPS) is 33.5. The number of aryl methyl sites for hydroxylation is 1. The van der Waals surface area contributed by atoms with Crippen molar-refractivity contribution in [1.29, 1.82) is 0 Å². The highest BCUT2D eigenvalue weighted by Crippen LogP contribution is 2.39. The van der Waals surface area contributed by atoms with Gasteiger partial charge in [-0.3, -0.25) is 4.79 Å². The predicted molar refractivity (Wildman–Crippen MR) is 49.1 cm³/mol. The molecule has 0 aliphatic carbocycles. The number of ketones is 1. The molecule has 6 heteroatoms. The molecule has 3 rings (SSSR count). The molecule has 1 aromatic heterocycles. The molecular weight excluding hydrogens is 196 g/mol. The first-order valence-electron chi connectivity index (χ1n) is 5.17. The molecule has 6 nitrogen and oxygen atoms in total. The lowest BCUT2D eigenvalue weighted by atomic mass is 9.86. The van der Waals surface area contributed by atoms with Crippen molar-refractivity contribution in [2.45, 2.75) is 31.5 Å². The van der Waals surface area contributed by atoms with Crippen molar-refractivity contribution >= 4 is 5.78 Å². The van der Waals surface area contributed by atoms with Gasteiger partial charge < -0.3 is 4.74 Å². The summed E-state index contributed by atoms with van der Waals surface area (Å²) < 4.78 is 5.63. The number of aromatic nitrogens is 4. The highest BCUT2D eigenvalue weighted by Gasteiger charge is 2.45. The van der Waals surface area contributed by atoms with E-state index in [9.17, 15) is 4.79 Å². The van der Waals surface area contributed by atoms with Gasteiger partial charge in [-0.2, -0.15) is 4.80 Å². The van der Waals surface area contributed by atoms with Gasteiger partial charge in [0.2, 0.25) is 11.6 Å². The van der Waals surface area contributed by atoms with Crippen LogP contribution < -0.4 is 0 Å². The first-order valence-corrected chi connectivity index (χ1v) is 5.17. The van der Waals surface area contributed by atoms with Gasteiger partial charge in [0.1, 0.15) is 0 Å². The molecule has 0 amide bonds. The van der Waals surface area contributed by atoms with Gasteiger partial charge in [0, 0.05) is 0 Å².